The van der Waals surface area contributed by atoms with Crippen molar-refractivity contribution < 1.29 is 19.1 Å². The van der Waals surface area contributed by atoms with Crippen LogP contribution in [0.4, 0.5) is 5.69 Å². The lowest BCUT2D eigenvalue weighted by Gasteiger charge is -2.18. The molecule has 0 aliphatic heterocycles. The lowest BCUT2D eigenvalue weighted by atomic mass is 10.1. The summed E-state index contributed by atoms with van der Waals surface area (Å²) in [6, 6.07) is 6.25. The molecule has 144 valence electrons. The van der Waals surface area contributed by atoms with E-state index in [1.54, 1.807) is 38.1 Å². The molecular weight excluding hydrogens is 336 g/mol. The van der Waals surface area contributed by atoms with E-state index >= 15 is 0 Å². The van der Waals surface area contributed by atoms with Gasteiger partial charge < -0.3 is 26.8 Å². The van der Waals surface area contributed by atoms with Crippen LogP contribution in [0.25, 0.3) is 0 Å². The Morgan fingerprint density at radius 3 is 2.31 bits per heavy atom. The highest BCUT2D eigenvalue weighted by Crippen LogP contribution is 2.12. The van der Waals surface area contributed by atoms with Crippen molar-refractivity contribution >= 4 is 23.5 Å². The minimum Gasteiger partial charge on any atom is -0.461 e. The maximum Gasteiger partial charge on any atom is 0.308 e. The van der Waals surface area contributed by atoms with E-state index in [0.29, 0.717) is 25.1 Å². The first-order valence-electron chi connectivity index (χ1n) is 8.63. The third kappa shape index (κ3) is 7.62. The SMILES string of the molecule is CC(C)C(=O)OCc1ccc(NC(=O)C(CCCN)NC(=O)CN)cc1. The number of rotatable bonds is 10. The molecule has 0 heterocycles. The lowest BCUT2D eigenvalue weighted by molar-refractivity contribution is -0.148. The van der Waals surface area contributed by atoms with Gasteiger partial charge >= 0.3 is 5.97 Å². The maximum atomic E-state index is 12.4. The van der Waals surface area contributed by atoms with Crippen molar-refractivity contribution in [2.75, 3.05) is 18.4 Å². The largest absolute Gasteiger partial charge is 0.461 e. The smallest absolute Gasteiger partial charge is 0.308 e. The normalized spacial score (nSPS) is 11.7. The van der Waals surface area contributed by atoms with E-state index in [1.807, 2.05) is 0 Å². The number of carbonyl (C=O) groups is 3. The van der Waals surface area contributed by atoms with Crippen LogP contribution < -0.4 is 22.1 Å². The molecule has 0 saturated heterocycles. The van der Waals surface area contributed by atoms with Crippen LogP contribution in [0.1, 0.15) is 32.3 Å². The zero-order valence-corrected chi connectivity index (χ0v) is 15.3. The fraction of sp³-hybridized carbons (Fsp3) is 0.500. The molecule has 8 nitrogen and oxygen atoms in total. The van der Waals surface area contributed by atoms with Gasteiger partial charge in [0.2, 0.25) is 11.8 Å². The highest BCUT2D eigenvalue weighted by Gasteiger charge is 2.19. The van der Waals surface area contributed by atoms with Crippen LogP contribution in [0.3, 0.4) is 0 Å². The molecule has 0 aliphatic carbocycles. The summed E-state index contributed by atoms with van der Waals surface area (Å²) in [5.74, 6) is -1.17. The van der Waals surface area contributed by atoms with E-state index in [4.69, 9.17) is 16.2 Å². The van der Waals surface area contributed by atoms with E-state index < -0.39 is 11.9 Å². The van der Waals surface area contributed by atoms with Gasteiger partial charge in [-0.1, -0.05) is 26.0 Å². The first-order chi connectivity index (χ1) is 12.4. The maximum absolute atomic E-state index is 12.4. The minimum absolute atomic E-state index is 0.178. The Bertz CT molecular complexity index is 602. The van der Waals surface area contributed by atoms with Gasteiger partial charge in [-0.25, -0.2) is 0 Å². The summed E-state index contributed by atoms with van der Waals surface area (Å²) >= 11 is 0. The first kappa shape index (κ1) is 21.6. The molecule has 1 aromatic carbocycles. The van der Waals surface area contributed by atoms with Crippen molar-refractivity contribution in [2.24, 2.45) is 17.4 Å². The Kier molecular flexibility index (Phi) is 9.32. The average Bonchev–Trinajstić information content (AvgIpc) is 2.63. The highest BCUT2D eigenvalue weighted by atomic mass is 16.5. The van der Waals surface area contributed by atoms with Crippen molar-refractivity contribution in [2.45, 2.75) is 39.3 Å². The van der Waals surface area contributed by atoms with Gasteiger partial charge in [-0.15, -0.1) is 0 Å². The molecule has 0 bridgehead atoms. The zero-order chi connectivity index (χ0) is 19.5. The predicted molar refractivity (Wildman–Crippen MR) is 99.0 cm³/mol. The summed E-state index contributed by atoms with van der Waals surface area (Å²) in [6.45, 7) is 3.95. The Hall–Kier alpha value is -2.45. The van der Waals surface area contributed by atoms with E-state index in [2.05, 4.69) is 10.6 Å². The molecular formula is C18H28N4O4. The van der Waals surface area contributed by atoms with Crippen LogP contribution in [-0.4, -0.2) is 36.9 Å². The number of carbonyl (C=O) groups excluding carboxylic acids is 3. The Labute approximate surface area is 153 Å². The van der Waals surface area contributed by atoms with Crippen molar-refractivity contribution in [1.29, 1.82) is 0 Å². The summed E-state index contributed by atoms with van der Waals surface area (Å²) < 4.78 is 5.15. The third-order valence-corrected chi connectivity index (χ3v) is 3.61. The van der Waals surface area contributed by atoms with E-state index in [1.165, 1.54) is 0 Å². The number of anilines is 1. The lowest BCUT2D eigenvalue weighted by Crippen LogP contribution is -2.46. The van der Waals surface area contributed by atoms with Crippen LogP contribution in [0, 0.1) is 5.92 Å². The van der Waals surface area contributed by atoms with Gasteiger partial charge in [0.05, 0.1) is 12.5 Å². The van der Waals surface area contributed by atoms with Crippen molar-refractivity contribution in [3.63, 3.8) is 0 Å². The van der Waals surface area contributed by atoms with E-state index in [0.717, 1.165) is 5.56 Å². The zero-order valence-electron chi connectivity index (χ0n) is 15.3. The van der Waals surface area contributed by atoms with Crippen LogP contribution in [0.15, 0.2) is 24.3 Å². The molecule has 0 aromatic heterocycles. The van der Waals surface area contributed by atoms with Crippen molar-refractivity contribution in [1.82, 2.24) is 5.32 Å². The summed E-state index contributed by atoms with van der Waals surface area (Å²) in [4.78, 5) is 35.3. The molecule has 0 aliphatic rings. The quantitative estimate of drug-likeness (QED) is 0.446. The second kappa shape index (κ2) is 11.2. The minimum atomic E-state index is -0.693. The Morgan fingerprint density at radius 1 is 1.12 bits per heavy atom. The van der Waals surface area contributed by atoms with Crippen LogP contribution in [0.5, 0.6) is 0 Å². The fourth-order valence-electron chi connectivity index (χ4n) is 2.08. The number of hydrogen-bond donors (Lipinski definition) is 4. The molecule has 1 unspecified atom stereocenters. The van der Waals surface area contributed by atoms with Crippen molar-refractivity contribution in [3.05, 3.63) is 29.8 Å². The van der Waals surface area contributed by atoms with Crippen molar-refractivity contribution in [3.8, 4) is 0 Å². The predicted octanol–water partition coefficient (Wildman–Crippen LogP) is 0.507. The molecule has 0 spiro atoms. The Balaban J connectivity index is 2.63. The molecule has 1 aromatic rings. The fourth-order valence-corrected chi connectivity index (χ4v) is 2.08. The van der Waals surface area contributed by atoms with Gasteiger partial charge in [0, 0.05) is 5.69 Å². The molecule has 6 N–H and O–H groups in total. The number of benzene rings is 1. The number of esters is 1. The monoisotopic (exact) mass is 364 g/mol. The molecule has 1 atom stereocenters. The molecule has 2 amide bonds. The van der Waals surface area contributed by atoms with E-state index in [9.17, 15) is 14.4 Å². The molecule has 8 heteroatoms. The first-order valence-corrected chi connectivity index (χ1v) is 8.63. The molecule has 0 saturated carbocycles. The molecule has 0 fully saturated rings. The standard InChI is InChI=1S/C18H28N4O4/c1-12(2)18(25)26-11-13-5-7-14(8-6-13)21-17(24)15(4-3-9-19)22-16(23)10-20/h5-8,12,15H,3-4,9-11,19-20H2,1-2H3,(H,21,24)(H,22,23). The summed E-state index contributed by atoms with van der Waals surface area (Å²) in [5.41, 5.74) is 12.1. The second-order valence-corrected chi connectivity index (χ2v) is 6.20. The van der Waals surface area contributed by atoms with E-state index in [-0.39, 0.29) is 30.9 Å². The number of amides is 2. The van der Waals surface area contributed by atoms with Gasteiger partial charge in [-0.05, 0) is 37.1 Å². The Morgan fingerprint density at radius 2 is 1.77 bits per heavy atom. The van der Waals surface area contributed by atoms with Gasteiger partial charge in [0.25, 0.3) is 0 Å². The van der Waals surface area contributed by atoms with Gasteiger partial charge in [0.1, 0.15) is 12.6 Å². The number of hydrogen-bond acceptors (Lipinski definition) is 6. The number of nitrogens with two attached hydrogens (primary N) is 2. The number of nitrogens with one attached hydrogen (secondary N) is 2. The van der Waals surface area contributed by atoms with Crippen LogP contribution in [0.2, 0.25) is 0 Å². The molecule has 1 rings (SSSR count). The second-order valence-electron chi connectivity index (χ2n) is 6.20. The number of ether oxygens (including phenoxy) is 1. The summed E-state index contributed by atoms with van der Waals surface area (Å²) in [5, 5.41) is 5.33. The van der Waals surface area contributed by atoms with Crippen LogP contribution >= 0.6 is 0 Å². The topological polar surface area (TPSA) is 137 Å². The highest BCUT2D eigenvalue weighted by molar-refractivity contribution is 5.97. The molecule has 0 radical (unpaired) electrons. The molecule has 26 heavy (non-hydrogen) atoms. The van der Waals surface area contributed by atoms with Crippen LogP contribution in [-0.2, 0) is 25.7 Å². The summed E-state index contributed by atoms with van der Waals surface area (Å²) in [6.07, 6.45) is 1.03. The summed E-state index contributed by atoms with van der Waals surface area (Å²) in [7, 11) is 0. The van der Waals surface area contributed by atoms with Gasteiger partial charge in [-0.2, -0.15) is 0 Å². The van der Waals surface area contributed by atoms with Gasteiger partial charge in [0.15, 0.2) is 0 Å². The van der Waals surface area contributed by atoms with Gasteiger partial charge in [-0.3, -0.25) is 14.4 Å². The average molecular weight is 364 g/mol. The third-order valence-electron chi connectivity index (χ3n) is 3.61.